The molecule has 9 nitrogen and oxygen atoms in total. The monoisotopic (exact) mass is 405 g/mol. The van der Waals surface area contributed by atoms with Crippen LogP contribution in [0.5, 0.6) is 5.75 Å². The van der Waals surface area contributed by atoms with E-state index in [1.165, 1.54) is 0 Å². The Morgan fingerprint density at radius 1 is 1.20 bits per heavy atom. The number of urea groups is 1. The molecule has 1 saturated heterocycles. The molecular formula is C21H19N5O4. The first-order chi connectivity index (χ1) is 14.6. The molecule has 30 heavy (non-hydrogen) atoms. The average molecular weight is 405 g/mol. The first kappa shape index (κ1) is 18.2. The highest BCUT2D eigenvalue weighted by Crippen LogP contribution is 2.40. The number of ether oxygens (including phenoxy) is 1. The van der Waals surface area contributed by atoms with E-state index >= 15 is 0 Å². The van der Waals surface area contributed by atoms with Gasteiger partial charge in [-0.15, -0.1) is 0 Å². The number of pyridine rings is 1. The fourth-order valence-electron chi connectivity index (χ4n) is 3.98. The van der Waals surface area contributed by atoms with E-state index in [-0.39, 0.29) is 13.1 Å². The van der Waals surface area contributed by atoms with Gasteiger partial charge in [0, 0.05) is 24.4 Å². The summed E-state index contributed by atoms with van der Waals surface area (Å²) in [7, 11) is 0. The lowest BCUT2D eigenvalue weighted by Crippen LogP contribution is -2.48. The Balaban J connectivity index is 1.29. The van der Waals surface area contributed by atoms with Crippen LogP contribution >= 0.6 is 0 Å². The molecule has 0 bridgehead atoms. The summed E-state index contributed by atoms with van der Waals surface area (Å²) in [6.45, 7) is 0.145. The smallest absolute Gasteiger partial charge is 0.325 e. The van der Waals surface area contributed by atoms with Gasteiger partial charge >= 0.3 is 6.03 Å². The Labute approximate surface area is 171 Å². The third-order valence-electron chi connectivity index (χ3n) is 5.44. The molecule has 1 fully saturated rings. The maximum absolute atomic E-state index is 13.2. The van der Waals surface area contributed by atoms with Gasteiger partial charge in [-0.2, -0.15) is 0 Å². The van der Waals surface area contributed by atoms with Crippen molar-refractivity contribution in [2.75, 3.05) is 13.2 Å². The number of imide groups is 1. The number of nitrogens with one attached hydrogen (secondary N) is 2. The van der Waals surface area contributed by atoms with Crippen molar-refractivity contribution in [2.45, 2.75) is 18.5 Å². The van der Waals surface area contributed by atoms with Crippen LogP contribution in [0.4, 0.5) is 4.79 Å². The number of rotatable bonds is 4. The standard InChI is InChI=1S/C21H19N5O4/c27-18(22-11-14-12-25-9-4-3-7-17(25)23-14)13-26-19(28)21(24-20(26)29)8-10-30-16-6-2-1-5-15(16)21/h1-7,9,12H,8,10-11,13H2,(H,22,27)(H,24,29). The van der Waals surface area contributed by atoms with E-state index in [0.29, 0.717) is 30.0 Å². The van der Waals surface area contributed by atoms with Crippen molar-refractivity contribution in [3.8, 4) is 5.75 Å². The molecule has 1 unspecified atom stereocenters. The molecule has 2 aromatic heterocycles. The van der Waals surface area contributed by atoms with Crippen molar-refractivity contribution >= 4 is 23.5 Å². The van der Waals surface area contributed by atoms with Gasteiger partial charge in [0.05, 0.1) is 18.8 Å². The highest BCUT2D eigenvalue weighted by Gasteiger charge is 2.55. The first-order valence-electron chi connectivity index (χ1n) is 9.62. The summed E-state index contributed by atoms with van der Waals surface area (Å²) in [5.74, 6) is -0.311. The molecule has 0 aliphatic carbocycles. The predicted octanol–water partition coefficient (Wildman–Crippen LogP) is 1.18. The molecule has 1 aromatic carbocycles. The van der Waals surface area contributed by atoms with Crippen molar-refractivity contribution in [2.24, 2.45) is 0 Å². The van der Waals surface area contributed by atoms with Crippen molar-refractivity contribution in [1.29, 1.82) is 0 Å². The summed E-state index contributed by atoms with van der Waals surface area (Å²) < 4.78 is 7.46. The molecule has 3 aromatic rings. The second-order valence-electron chi connectivity index (χ2n) is 7.30. The Morgan fingerprint density at radius 2 is 2.03 bits per heavy atom. The van der Waals surface area contributed by atoms with Crippen LogP contribution in [0.3, 0.4) is 0 Å². The van der Waals surface area contributed by atoms with E-state index < -0.39 is 23.4 Å². The number of para-hydroxylation sites is 1. The van der Waals surface area contributed by atoms with Gasteiger partial charge in [0.25, 0.3) is 5.91 Å². The van der Waals surface area contributed by atoms with Gasteiger partial charge in [-0.3, -0.25) is 14.5 Å². The molecule has 2 aliphatic heterocycles. The molecule has 5 rings (SSSR count). The van der Waals surface area contributed by atoms with Crippen LogP contribution in [0.2, 0.25) is 0 Å². The largest absolute Gasteiger partial charge is 0.493 e. The van der Waals surface area contributed by atoms with Gasteiger partial charge in [0.15, 0.2) is 5.54 Å². The molecule has 0 saturated carbocycles. The molecule has 152 valence electrons. The topological polar surface area (TPSA) is 105 Å². The minimum Gasteiger partial charge on any atom is -0.493 e. The molecule has 2 aliphatic rings. The Bertz CT molecular complexity index is 1140. The predicted molar refractivity (Wildman–Crippen MR) is 106 cm³/mol. The van der Waals surface area contributed by atoms with E-state index in [1.807, 2.05) is 41.1 Å². The number of nitrogens with zero attached hydrogens (tertiary/aromatic N) is 3. The first-order valence-corrected chi connectivity index (χ1v) is 9.62. The van der Waals surface area contributed by atoms with E-state index in [9.17, 15) is 14.4 Å². The number of benzene rings is 1. The van der Waals surface area contributed by atoms with Crippen LogP contribution < -0.4 is 15.4 Å². The van der Waals surface area contributed by atoms with E-state index in [4.69, 9.17) is 4.74 Å². The van der Waals surface area contributed by atoms with Crippen LogP contribution in [0.1, 0.15) is 17.7 Å². The number of carbonyl (C=O) groups is 3. The van der Waals surface area contributed by atoms with E-state index in [1.54, 1.807) is 18.2 Å². The SMILES string of the molecule is O=C(CN1C(=O)NC2(CCOc3ccccc32)C1=O)NCc1cn2ccccc2n1. The van der Waals surface area contributed by atoms with Crippen LogP contribution in [0.15, 0.2) is 54.9 Å². The zero-order valence-electron chi connectivity index (χ0n) is 16.0. The van der Waals surface area contributed by atoms with Gasteiger partial charge in [0.2, 0.25) is 5.91 Å². The fraction of sp³-hybridized carbons (Fsp3) is 0.238. The lowest BCUT2D eigenvalue weighted by atomic mass is 9.84. The number of imidazole rings is 1. The lowest BCUT2D eigenvalue weighted by molar-refractivity contribution is -0.136. The third-order valence-corrected chi connectivity index (χ3v) is 5.44. The van der Waals surface area contributed by atoms with Crippen molar-refractivity contribution in [1.82, 2.24) is 24.9 Å². The molecule has 1 atom stereocenters. The normalized spacial score (nSPS) is 20.2. The van der Waals surface area contributed by atoms with Crippen molar-refractivity contribution in [3.05, 3.63) is 66.1 Å². The summed E-state index contributed by atoms with van der Waals surface area (Å²) in [6, 6.07) is 12.2. The van der Waals surface area contributed by atoms with Gasteiger partial charge in [-0.1, -0.05) is 24.3 Å². The quantitative estimate of drug-likeness (QED) is 0.635. The van der Waals surface area contributed by atoms with Crippen LogP contribution in [-0.2, 0) is 21.7 Å². The average Bonchev–Trinajstić information content (AvgIpc) is 3.27. The molecule has 0 radical (unpaired) electrons. The summed E-state index contributed by atoms with van der Waals surface area (Å²) in [6.07, 6.45) is 4.00. The number of aromatic nitrogens is 2. The Kier molecular flexibility index (Phi) is 4.16. The maximum Gasteiger partial charge on any atom is 0.325 e. The Morgan fingerprint density at radius 3 is 2.90 bits per heavy atom. The number of amides is 4. The third kappa shape index (κ3) is 2.86. The minimum atomic E-state index is -1.19. The van der Waals surface area contributed by atoms with E-state index in [0.717, 1.165) is 10.5 Å². The highest BCUT2D eigenvalue weighted by atomic mass is 16.5. The number of carbonyl (C=O) groups excluding carboxylic acids is 3. The molecule has 4 heterocycles. The number of hydrogen-bond acceptors (Lipinski definition) is 5. The van der Waals surface area contributed by atoms with Gasteiger partial charge < -0.3 is 19.8 Å². The van der Waals surface area contributed by atoms with Crippen LogP contribution in [0, 0.1) is 0 Å². The van der Waals surface area contributed by atoms with Crippen LogP contribution in [-0.4, -0.2) is 45.3 Å². The summed E-state index contributed by atoms with van der Waals surface area (Å²) in [5, 5.41) is 5.51. The van der Waals surface area contributed by atoms with Gasteiger partial charge in [-0.05, 0) is 18.2 Å². The second-order valence-corrected chi connectivity index (χ2v) is 7.30. The zero-order chi connectivity index (χ0) is 20.7. The van der Waals surface area contributed by atoms with Crippen LogP contribution in [0.25, 0.3) is 5.65 Å². The van der Waals surface area contributed by atoms with Crippen molar-refractivity contribution < 1.29 is 19.1 Å². The summed E-state index contributed by atoms with van der Waals surface area (Å²) in [5.41, 5.74) is 0.883. The summed E-state index contributed by atoms with van der Waals surface area (Å²) in [4.78, 5) is 43.6. The molecular weight excluding hydrogens is 386 g/mol. The molecule has 4 amide bonds. The second kappa shape index (κ2) is 6.87. The zero-order valence-corrected chi connectivity index (χ0v) is 16.0. The van der Waals surface area contributed by atoms with Crippen molar-refractivity contribution in [3.63, 3.8) is 0 Å². The van der Waals surface area contributed by atoms with E-state index in [2.05, 4.69) is 15.6 Å². The minimum absolute atomic E-state index is 0.200. The highest BCUT2D eigenvalue weighted by molar-refractivity contribution is 6.09. The fourth-order valence-corrected chi connectivity index (χ4v) is 3.98. The number of hydrogen-bond donors (Lipinski definition) is 2. The lowest BCUT2D eigenvalue weighted by Gasteiger charge is -2.33. The number of fused-ring (bicyclic) bond motifs is 3. The Hall–Kier alpha value is -3.88. The summed E-state index contributed by atoms with van der Waals surface area (Å²) >= 11 is 0. The maximum atomic E-state index is 13.2. The van der Waals surface area contributed by atoms with Gasteiger partial charge in [-0.25, -0.2) is 9.78 Å². The molecule has 9 heteroatoms. The van der Waals surface area contributed by atoms with Gasteiger partial charge in [0.1, 0.15) is 17.9 Å². The molecule has 1 spiro atoms. The molecule has 2 N–H and O–H groups in total.